The smallest absolute Gasteiger partial charge is 0.211 e. The van der Waals surface area contributed by atoms with Crippen LogP contribution in [0.25, 0.3) is 0 Å². The summed E-state index contributed by atoms with van der Waals surface area (Å²) in [6, 6.07) is 5.42. The maximum atomic E-state index is 10.6. The van der Waals surface area contributed by atoms with E-state index >= 15 is 0 Å². The molecule has 1 rings (SSSR count). The molecule has 4 nitrogen and oxygen atoms in total. The number of unbranched alkanes of at least 4 members (excludes halogenated alkanes) is 11. The van der Waals surface area contributed by atoms with Crippen molar-refractivity contribution >= 4 is 23.5 Å². The molecule has 0 atom stereocenters. The summed E-state index contributed by atoms with van der Waals surface area (Å²) < 4.78 is 0. The largest absolute Gasteiger partial charge is 0.240 e. The molecule has 0 N–H and O–H groups in total. The van der Waals surface area contributed by atoms with E-state index in [0.29, 0.717) is 11.4 Å². The molecule has 0 aliphatic rings. The zero-order valence-electron chi connectivity index (χ0n) is 16.1. The van der Waals surface area contributed by atoms with E-state index in [0.717, 1.165) is 18.4 Å². The van der Waals surface area contributed by atoms with E-state index in [2.05, 4.69) is 16.9 Å². The number of hydrogen-bond acceptors (Lipinski definition) is 4. The van der Waals surface area contributed by atoms with Gasteiger partial charge in [-0.15, -0.1) is 0 Å². The van der Waals surface area contributed by atoms with Crippen molar-refractivity contribution in [3.63, 3.8) is 0 Å². The fraction of sp³-hybridized carbons (Fsp3) is 0.636. The molecule has 1 aromatic carbocycles. The molecule has 0 fully saturated rings. The van der Waals surface area contributed by atoms with E-state index in [4.69, 9.17) is 0 Å². The van der Waals surface area contributed by atoms with Gasteiger partial charge in [0.2, 0.25) is 12.2 Å². The molecule has 0 spiro atoms. The molecule has 1 aromatic rings. The van der Waals surface area contributed by atoms with Crippen LogP contribution in [0.1, 0.15) is 89.5 Å². The van der Waals surface area contributed by atoms with Crippen LogP contribution in [0.2, 0.25) is 0 Å². The van der Waals surface area contributed by atoms with Crippen LogP contribution in [-0.2, 0) is 16.0 Å². The van der Waals surface area contributed by atoms with Crippen LogP contribution in [0.5, 0.6) is 0 Å². The Morgan fingerprint density at radius 3 is 1.81 bits per heavy atom. The van der Waals surface area contributed by atoms with Crippen LogP contribution in [0.3, 0.4) is 0 Å². The molecule has 0 bridgehead atoms. The topological polar surface area (TPSA) is 58.9 Å². The van der Waals surface area contributed by atoms with Gasteiger partial charge in [0, 0.05) is 0 Å². The molecule has 4 heteroatoms. The van der Waals surface area contributed by atoms with Crippen LogP contribution in [-0.4, -0.2) is 12.2 Å². The van der Waals surface area contributed by atoms with Crippen molar-refractivity contribution in [3.8, 4) is 0 Å². The minimum atomic E-state index is 0.389. The lowest BCUT2D eigenvalue weighted by molar-refractivity contribution is 0.544. The lowest BCUT2D eigenvalue weighted by Gasteiger charge is -2.07. The van der Waals surface area contributed by atoms with E-state index in [1.807, 2.05) is 12.1 Å². The summed E-state index contributed by atoms with van der Waals surface area (Å²) >= 11 is 0. The van der Waals surface area contributed by atoms with Gasteiger partial charge in [-0.25, -0.2) is 9.59 Å². The predicted molar refractivity (Wildman–Crippen MR) is 107 cm³/mol. The number of carbonyl (C=O) groups excluding carboxylic acids is 2. The molecule has 0 unspecified atom stereocenters. The SMILES string of the molecule is CCCCCCCCCCCCCCc1cccc(N=C=O)c1N=C=O. The third-order valence-corrected chi connectivity index (χ3v) is 4.72. The minimum absolute atomic E-state index is 0.389. The number of nitrogens with zero attached hydrogens (tertiary/aromatic N) is 2. The number of benzene rings is 1. The summed E-state index contributed by atoms with van der Waals surface area (Å²) in [6.07, 6.45) is 19.6. The standard InChI is InChI=1S/C22H32N2O2/c1-2-3-4-5-6-7-8-9-10-11-12-13-15-20-16-14-17-21(23-18-25)22(20)24-19-26/h14,16-17H,2-13,15H2,1H3. The maximum absolute atomic E-state index is 10.6. The molecule has 0 saturated heterocycles. The highest BCUT2D eigenvalue weighted by molar-refractivity contribution is 5.71. The molecule has 142 valence electrons. The van der Waals surface area contributed by atoms with Crippen molar-refractivity contribution in [2.75, 3.05) is 0 Å². The maximum Gasteiger partial charge on any atom is 0.240 e. The second kappa shape index (κ2) is 15.3. The van der Waals surface area contributed by atoms with Crippen molar-refractivity contribution < 1.29 is 9.59 Å². The second-order valence-electron chi connectivity index (χ2n) is 6.83. The lowest BCUT2D eigenvalue weighted by Crippen LogP contribution is -1.88. The number of hydrogen-bond donors (Lipinski definition) is 0. The highest BCUT2D eigenvalue weighted by Crippen LogP contribution is 2.32. The lowest BCUT2D eigenvalue weighted by atomic mass is 10.0. The van der Waals surface area contributed by atoms with E-state index in [-0.39, 0.29) is 0 Å². The van der Waals surface area contributed by atoms with Gasteiger partial charge in [0.25, 0.3) is 0 Å². The van der Waals surface area contributed by atoms with Gasteiger partial charge in [-0.2, -0.15) is 9.98 Å². The Hall–Kier alpha value is -2.02. The molecule has 0 saturated carbocycles. The van der Waals surface area contributed by atoms with Gasteiger partial charge in [0.1, 0.15) is 11.4 Å². The average molecular weight is 357 g/mol. The van der Waals surface area contributed by atoms with Crippen LogP contribution in [0.15, 0.2) is 28.2 Å². The van der Waals surface area contributed by atoms with Crippen LogP contribution in [0.4, 0.5) is 11.4 Å². The molecule has 0 heterocycles. The highest BCUT2D eigenvalue weighted by atomic mass is 16.1. The first-order valence-corrected chi connectivity index (χ1v) is 10.1. The first-order chi connectivity index (χ1) is 12.8. The van der Waals surface area contributed by atoms with Gasteiger partial charge >= 0.3 is 0 Å². The average Bonchev–Trinajstić information content (AvgIpc) is 2.65. The zero-order valence-corrected chi connectivity index (χ0v) is 16.1. The summed E-state index contributed by atoms with van der Waals surface area (Å²) in [6.45, 7) is 2.26. The molecule has 0 amide bonds. The molecule has 0 aliphatic carbocycles. The predicted octanol–water partition coefficient (Wildman–Crippen LogP) is 6.86. The Kier molecular flexibility index (Phi) is 12.9. The normalized spacial score (nSPS) is 10.2. The Bertz CT molecular complexity index is 600. The Balaban J connectivity index is 2.19. The molecular formula is C22H32N2O2. The molecular weight excluding hydrogens is 324 g/mol. The summed E-state index contributed by atoms with van der Waals surface area (Å²) in [5.74, 6) is 0. The fourth-order valence-electron chi connectivity index (χ4n) is 3.25. The van der Waals surface area contributed by atoms with E-state index in [9.17, 15) is 9.59 Å². The minimum Gasteiger partial charge on any atom is -0.211 e. The fourth-order valence-corrected chi connectivity index (χ4v) is 3.25. The molecule has 0 aliphatic heterocycles. The Morgan fingerprint density at radius 2 is 1.27 bits per heavy atom. The van der Waals surface area contributed by atoms with E-state index in [1.165, 1.54) is 76.7 Å². The number of isocyanates is 2. The van der Waals surface area contributed by atoms with Gasteiger partial charge in [-0.1, -0.05) is 89.7 Å². The zero-order chi connectivity index (χ0) is 18.9. The summed E-state index contributed by atoms with van der Waals surface area (Å²) in [5, 5.41) is 0. The summed E-state index contributed by atoms with van der Waals surface area (Å²) in [4.78, 5) is 28.4. The van der Waals surface area contributed by atoms with Crippen LogP contribution < -0.4 is 0 Å². The Morgan fingerprint density at radius 1 is 0.731 bits per heavy atom. The number of para-hydroxylation sites is 1. The molecule has 0 aromatic heterocycles. The Labute approximate surface area is 157 Å². The van der Waals surface area contributed by atoms with E-state index in [1.54, 1.807) is 12.1 Å². The number of aliphatic imine (C=N–C) groups is 2. The van der Waals surface area contributed by atoms with Gasteiger partial charge in [0.05, 0.1) is 0 Å². The van der Waals surface area contributed by atoms with E-state index < -0.39 is 0 Å². The third kappa shape index (κ3) is 9.46. The highest BCUT2D eigenvalue weighted by Gasteiger charge is 2.07. The second-order valence-corrected chi connectivity index (χ2v) is 6.83. The van der Waals surface area contributed by atoms with Gasteiger partial charge in [-0.3, -0.25) is 0 Å². The van der Waals surface area contributed by atoms with Crippen molar-refractivity contribution in [2.45, 2.75) is 90.4 Å². The first kappa shape index (κ1) is 22.0. The molecule has 26 heavy (non-hydrogen) atoms. The van der Waals surface area contributed by atoms with Crippen molar-refractivity contribution in [1.29, 1.82) is 0 Å². The van der Waals surface area contributed by atoms with Crippen molar-refractivity contribution in [3.05, 3.63) is 23.8 Å². The van der Waals surface area contributed by atoms with Gasteiger partial charge in [0.15, 0.2) is 0 Å². The summed E-state index contributed by atoms with van der Waals surface area (Å²) in [7, 11) is 0. The van der Waals surface area contributed by atoms with Crippen LogP contribution in [0, 0.1) is 0 Å². The quantitative estimate of drug-likeness (QED) is 0.196. The van der Waals surface area contributed by atoms with Crippen molar-refractivity contribution in [1.82, 2.24) is 0 Å². The van der Waals surface area contributed by atoms with Crippen molar-refractivity contribution in [2.24, 2.45) is 9.98 Å². The van der Waals surface area contributed by atoms with Gasteiger partial charge in [-0.05, 0) is 24.5 Å². The van der Waals surface area contributed by atoms with Crippen LogP contribution >= 0.6 is 0 Å². The monoisotopic (exact) mass is 356 g/mol. The number of aryl methyl sites for hydroxylation is 1. The molecule has 0 radical (unpaired) electrons. The van der Waals surface area contributed by atoms with Gasteiger partial charge < -0.3 is 0 Å². The summed E-state index contributed by atoms with van der Waals surface area (Å²) in [5.41, 5.74) is 1.78. The number of rotatable bonds is 15. The first-order valence-electron chi connectivity index (χ1n) is 10.1. The third-order valence-electron chi connectivity index (χ3n) is 4.72.